The molecule has 0 N–H and O–H groups in total. The van der Waals surface area contributed by atoms with E-state index in [1.54, 1.807) is 0 Å². The zero-order valence-electron chi connectivity index (χ0n) is 28.4. The molecule has 0 spiro atoms. The van der Waals surface area contributed by atoms with Crippen molar-refractivity contribution in [1.82, 2.24) is 15.0 Å². The molecule has 0 fully saturated rings. The van der Waals surface area contributed by atoms with Gasteiger partial charge in [-0.2, -0.15) is 0 Å². The van der Waals surface area contributed by atoms with E-state index in [4.69, 9.17) is 9.97 Å². The Labute approximate surface area is 303 Å². The van der Waals surface area contributed by atoms with E-state index >= 15 is 0 Å². The first kappa shape index (κ1) is 31.0. The number of hydrogen-bond acceptors (Lipinski definition) is 3. The summed E-state index contributed by atoms with van der Waals surface area (Å²) in [5.41, 5.74) is 15.4. The third-order valence-corrected chi connectivity index (χ3v) is 9.57. The Morgan fingerprint density at radius 1 is 0.288 bits per heavy atom. The number of aromatic nitrogens is 3. The molecule has 244 valence electrons. The van der Waals surface area contributed by atoms with Gasteiger partial charge in [-0.25, -0.2) is 9.97 Å². The van der Waals surface area contributed by atoms with Gasteiger partial charge in [-0.1, -0.05) is 140 Å². The van der Waals surface area contributed by atoms with Crippen LogP contribution >= 0.6 is 0 Å². The molecule has 9 rings (SSSR count). The van der Waals surface area contributed by atoms with Gasteiger partial charge in [-0.3, -0.25) is 4.98 Å². The van der Waals surface area contributed by atoms with Crippen molar-refractivity contribution in [2.75, 3.05) is 0 Å². The fourth-order valence-corrected chi connectivity index (χ4v) is 6.99. The lowest BCUT2D eigenvalue weighted by Crippen LogP contribution is -1.97. The highest BCUT2D eigenvalue weighted by atomic mass is 14.9. The number of pyridine rings is 1. The minimum atomic E-state index is 0.694. The van der Waals surface area contributed by atoms with Gasteiger partial charge in [0.05, 0.1) is 11.2 Å². The van der Waals surface area contributed by atoms with Crippen molar-refractivity contribution in [3.63, 3.8) is 0 Å². The van der Waals surface area contributed by atoms with Crippen molar-refractivity contribution in [3.8, 4) is 78.3 Å². The van der Waals surface area contributed by atoms with Crippen molar-refractivity contribution >= 4 is 10.9 Å². The van der Waals surface area contributed by atoms with E-state index in [-0.39, 0.29) is 0 Å². The molecule has 0 bridgehead atoms. The maximum atomic E-state index is 5.28. The minimum Gasteiger partial charge on any atom is -0.265 e. The highest BCUT2D eigenvalue weighted by Crippen LogP contribution is 2.38. The van der Waals surface area contributed by atoms with Crippen LogP contribution in [0.4, 0.5) is 0 Å². The van der Waals surface area contributed by atoms with Crippen molar-refractivity contribution in [2.24, 2.45) is 0 Å². The quantitative estimate of drug-likeness (QED) is 0.170. The largest absolute Gasteiger partial charge is 0.265 e. The van der Waals surface area contributed by atoms with Crippen LogP contribution in [0.1, 0.15) is 0 Å². The molecule has 0 amide bonds. The van der Waals surface area contributed by atoms with Gasteiger partial charge in [0, 0.05) is 28.9 Å². The van der Waals surface area contributed by atoms with E-state index in [2.05, 4.69) is 175 Å². The smallest absolute Gasteiger partial charge is 0.160 e. The van der Waals surface area contributed by atoms with Crippen LogP contribution in [0, 0.1) is 0 Å². The summed E-state index contributed by atoms with van der Waals surface area (Å²) in [5.74, 6) is 0.694. The average molecular weight is 664 g/mol. The Kier molecular flexibility index (Phi) is 8.20. The Bertz CT molecular complexity index is 2610. The third kappa shape index (κ3) is 6.17. The summed E-state index contributed by atoms with van der Waals surface area (Å²) in [6, 6.07) is 66.3. The van der Waals surface area contributed by atoms with E-state index < -0.39 is 0 Å². The molecule has 9 aromatic rings. The standard InChI is InChI=1S/C49H33N3/c1-3-13-34(14-4-1)41-31-42(35-15-5-2-6-16-35)33-43(32-41)39-19-11-17-37(29-39)38-18-12-20-40(30-38)49-51-47-24-10-9-23-46(47)48(52-49)45-22-8-7-21-44(45)36-25-27-50-28-26-36/h1-33H. The molecule has 0 aliphatic rings. The monoisotopic (exact) mass is 663 g/mol. The lowest BCUT2D eigenvalue weighted by Gasteiger charge is -2.14. The SMILES string of the molecule is c1ccc(-c2cc(-c3ccccc3)cc(-c3cccc(-c4cccc(-c5nc(-c6ccccc6-c6ccncc6)c6ccccc6n5)c4)c3)c2)cc1. The second-order valence-corrected chi connectivity index (χ2v) is 12.9. The Morgan fingerprint density at radius 2 is 0.750 bits per heavy atom. The molecular weight excluding hydrogens is 631 g/mol. The summed E-state index contributed by atoms with van der Waals surface area (Å²) in [6.45, 7) is 0. The molecule has 0 aliphatic heterocycles. The summed E-state index contributed by atoms with van der Waals surface area (Å²) in [6.07, 6.45) is 3.66. The van der Waals surface area contributed by atoms with Crippen LogP contribution in [-0.4, -0.2) is 15.0 Å². The summed E-state index contributed by atoms with van der Waals surface area (Å²) in [4.78, 5) is 14.6. The second kappa shape index (κ2) is 13.7. The number of nitrogens with zero attached hydrogens (tertiary/aromatic N) is 3. The first-order chi connectivity index (χ1) is 25.8. The van der Waals surface area contributed by atoms with Gasteiger partial charge in [0.25, 0.3) is 0 Å². The molecule has 2 aromatic heterocycles. The fraction of sp³-hybridized carbons (Fsp3) is 0. The molecule has 0 aliphatic carbocycles. The predicted molar refractivity (Wildman–Crippen MR) is 215 cm³/mol. The average Bonchev–Trinajstić information content (AvgIpc) is 3.24. The van der Waals surface area contributed by atoms with E-state index in [0.29, 0.717) is 5.82 Å². The van der Waals surface area contributed by atoms with E-state index in [1.807, 2.05) is 30.6 Å². The first-order valence-electron chi connectivity index (χ1n) is 17.5. The van der Waals surface area contributed by atoms with Crippen molar-refractivity contribution in [3.05, 3.63) is 200 Å². The van der Waals surface area contributed by atoms with Gasteiger partial charge < -0.3 is 0 Å². The molecule has 3 heteroatoms. The van der Waals surface area contributed by atoms with Crippen LogP contribution in [0.15, 0.2) is 200 Å². The van der Waals surface area contributed by atoms with E-state index in [0.717, 1.165) is 55.5 Å². The predicted octanol–water partition coefficient (Wildman–Crippen LogP) is 12.7. The van der Waals surface area contributed by atoms with Crippen molar-refractivity contribution < 1.29 is 0 Å². The van der Waals surface area contributed by atoms with Gasteiger partial charge in [0.15, 0.2) is 5.82 Å². The van der Waals surface area contributed by atoms with Crippen LogP contribution in [0.2, 0.25) is 0 Å². The molecular formula is C49H33N3. The van der Waals surface area contributed by atoms with Crippen molar-refractivity contribution in [1.29, 1.82) is 0 Å². The number of benzene rings is 7. The molecule has 52 heavy (non-hydrogen) atoms. The molecule has 3 nitrogen and oxygen atoms in total. The summed E-state index contributed by atoms with van der Waals surface area (Å²) in [5, 5.41) is 1.02. The molecule has 0 radical (unpaired) electrons. The summed E-state index contributed by atoms with van der Waals surface area (Å²) >= 11 is 0. The normalized spacial score (nSPS) is 11.1. The van der Waals surface area contributed by atoms with E-state index in [1.165, 1.54) is 27.8 Å². The minimum absolute atomic E-state index is 0.694. The van der Waals surface area contributed by atoms with Crippen LogP contribution in [0.5, 0.6) is 0 Å². The second-order valence-electron chi connectivity index (χ2n) is 12.9. The first-order valence-corrected chi connectivity index (χ1v) is 17.5. The van der Waals surface area contributed by atoms with Crippen molar-refractivity contribution in [2.45, 2.75) is 0 Å². The summed E-state index contributed by atoms with van der Waals surface area (Å²) in [7, 11) is 0. The van der Waals surface area contributed by atoms with Crippen LogP contribution in [0.3, 0.4) is 0 Å². The molecule has 0 unspecified atom stereocenters. The maximum Gasteiger partial charge on any atom is 0.160 e. The van der Waals surface area contributed by atoms with Gasteiger partial charge in [-0.15, -0.1) is 0 Å². The van der Waals surface area contributed by atoms with Gasteiger partial charge in [0.1, 0.15) is 0 Å². The highest BCUT2D eigenvalue weighted by molar-refractivity contribution is 5.98. The lowest BCUT2D eigenvalue weighted by atomic mass is 9.92. The zero-order valence-corrected chi connectivity index (χ0v) is 28.4. The van der Waals surface area contributed by atoms with E-state index in [9.17, 15) is 0 Å². The van der Waals surface area contributed by atoms with Crippen LogP contribution < -0.4 is 0 Å². The highest BCUT2D eigenvalue weighted by Gasteiger charge is 2.16. The van der Waals surface area contributed by atoms with Gasteiger partial charge in [0.2, 0.25) is 0 Å². The topological polar surface area (TPSA) is 38.7 Å². The maximum absolute atomic E-state index is 5.28. The fourth-order valence-electron chi connectivity index (χ4n) is 6.99. The van der Waals surface area contributed by atoms with Gasteiger partial charge in [-0.05, 0) is 104 Å². The van der Waals surface area contributed by atoms with Crippen LogP contribution in [0.25, 0.3) is 89.2 Å². The number of hydrogen-bond donors (Lipinski definition) is 0. The molecule has 0 atom stereocenters. The number of para-hydroxylation sites is 1. The zero-order chi connectivity index (χ0) is 34.7. The third-order valence-electron chi connectivity index (χ3n) is 9.57. The lowest BCUT2D eigenvalue weighted by molar-refractivity contribution is 1.23. The Morgan fingerprint density at radius 3 is 1.40 bits per heavy atom. The Hall–Kier alpha value is -6.97. The molecule has 7 aromatic carbocycles. The number of rotatable bonds is 7. The van der Waals surface area contributed by atoms with Crippen LogP contribution in [-0.2, 0) is 0 Å². The van der Waals surface area contributed by atoms with Gasteiger partial charge >= 0.3 is 0 Å². The number of fused-ring (bicyclic) bond motifs is 1. The summed E-state index contributed by atoms with van der Waals surface area (Å²) < 4.78 is 0. The molecule has 2 heterocycles. The molecule has 0 saturated heterocycles. The molecule has 0 saturated carbocycles. The Balaban J connectivity index is 1.13.